The molecule has 0 bridgehead atoms. The van der Waals surface area contributed by atoms with Gasteiger partial charge in [0, 0.05) is 18.8 Å². The van der Waals surface area contributed by atoms with Crippen LogP contribution < -0.4 is 30.0 Å². The first-order valence-corrected chi connectivity index (χ1v) is 14.8. The number of hydrogen-bond acceptors (Lipinski definition) is 9. The Balaban J connectivity index is 1.37. The minimum Gasteiger partial charge on any atom is -0.495 e. The van der Waals surface area contributed by atoms with E-state index in [2.05, 4.69) is 10.2 Å². The van der Waals surface area contributed by atoms with Gasteiger partial charge in [-0.3, -0.25) is 14.2 Å². The Hall–Kier alpha value is -4.22. The lowest BCUT2D eigenvalue weighted by Crippen LogP contribution is -2.36. The maximum absolute atomic E-state index is 14.1. The van der Waals surface area contributed by atoms with E-state index < -0.39 is 5.25 Å². The number of anilines is 2. The lowest BCUT2D eigenvalue weighted by molar-refractivity contribution is -0.115. The number of hydrogen-bond donors (Lipinski definition) is 1. The first-order valence-electron chi connectivity index (χ1n) is 13.9. The van der Waals surface area contributed by atoms with Gasteiger partial charge in [-0.15, -0.1) is 0 Å². The van der Waals surface area contributed by atoms with Crippen LogP contribution >= 0.6 is 11.8 Å². The van der Waals surface area contributed by atoms with Crippen LogP contribution in [-0.2, 0) is 16.1 Å². The third kappa shape index (κ3) is 5.75. The second kappa shape index (κ2) is 12.3. The molecule has 1 N–H and O–H groups in total. The van der Waals surface area contributed by atoms with Crippen molar-refractivity contribution < 1.29 is 23.7 Å². The highest BCUT2D eigenvalue weighted by Gasteiger charge is 2.24. The zero-order valence-corrected chi connectivity index (χ0v) is 24.3. The minimum atomic E-state index is -0.505. The molecule has 1 atom stereocenters. The Bertz CT molecular complexity index is 1670. The van der Waals surface area contributed by atoms with Crippen LogP contribution in [0.25, 0.3) is 10.9 Å². The van der Waals surface area contributed by atoms with Gasteiger partial charge in [0.05, 0.1) is 48.7 Å². The summed E-state index contributed by atoms with van der Waals surface area (Å²) in [5, 5.41) is 3.46. The molecule has 10 nitrogen and oxygen atoms in total. The van der Waals surface area contributed by atoms with Crippen LogP contribution in [0.15, 0.2) is 70.6 Å². The van der Waals surface area contributed by atoms with E-state index >= 15 is 0 Å². The van der Waals surface area contributed by atoms with E-state index in [1.807, 2.05) is 55.5 Å². The van der Waals surface area contributed by atoms with Gasteiger partial charge in [-0.25, -0.2) is 4.98 Å². The van der Waals surface area contributed by atoms with Gasteiger partial charge in [-0.05, 0) is 54.4 Å². The molecule has 0 unspecified atom stereocenters. The average molecular weight is 589 g/mol. The van der Waals surface area contributed by atoms with Crippen molar-refractivity contribution in [2.75, 3.05) is 50.4 Å². The number of fused-ring (bicyclic) bond motifs is 2. The predicted molar refractivity (Wildman–Crippen MR) is 162 cm³/mol. The molecule has 2 aliphatic heterocycles. The summed E-state index contributed by atoms with van der Waals surface area (Å²) in [6.07, 6.45) is 0.527. The maximum Gasteiger partial charge on any atom is 0.262 e. The molecule has 2 aliphatic rings. The van der Waals surface area contributed by atoms with Gasteiger partial charge in [0.1, 0.15) is 5.75 Å². The molecule has 0 spiro atoms. The highest BCUT2D eigenvalue weighted by atomic mass is 32.2. The van der Waals surface area contributed by atoms with Crippen molar-refractivity contribution in [3.8, 4) is 17.2 Å². The summed E-state index contributed by atoms with van der Waals surface area (Å²) in [4.78, 5) is 34.7. The van der Waals surface area contributed by atoms with Crippen molar-refractivity contribution in [2.45, 2.75) is 30.3 Å². The van der Waals surface area contributed by atoms with Gasteiger partial charge in [0.15, 0.2) is 16.7 Å². The first kappa shape index (κ1) is 27.9. The Labute approximate surface area is 247 Å². The number of morpholine rings is 1. The predicted octanol–water partition coefficient (Wildman–Crippen LogP) is 4.53. The SMILES string of the molecule is CC[C@@H](Sc1nc2ccc(N3CCOCC3)cc2c(=O)n1Cc1ccc2c(c1)OCO2)C(=O)Nc1ccccc1OC. The molecule has 1 aromatic heterocycles. The molecule has 0 aliphatic carbocycles. The number of nitrogens with zero attached hydrogens (tertiary/aromatic N) is 3. The van der Waals surface area contributed by atoms with Gasteiger partial charge in [0.25, 0.3) is 5.56 Å². The van der Waals surface area contributed by atoms with E-state index in [0.717, 1.165) is 24.3 Å². The Morgan fingerprint density at radius 3 is 2.69 bits per heavy atom. The Morgan fingerprint density at radius 2 is 1.88 bits per heavy atom. The van der Waals surface area contributed by atoms with E-state index in [9.17, 15) is 9.59 Å². The van der Waals surface area contributed by atoms with E-state index in [4.69, 9.17) is 23.9 Å². The number of benzene rings is 3. The number of amides is 1. The standard InChI is InChI=1S/C31H32N4O6S/c1-3-28(29(36)32-24-6-4-5-7-25(24)38-2)42-31-33-23-10-9-21(34-12-14-39-15-13-34)17-22(23)30(37)35(31)18-20-8-11-26-27(16-20)41-19-40-26/h4-11,16-17,28H,3,12-15,18-19H2,1-2H3,(H,32,36)/t28-/m1/s1. The number of carbonyl (C=O) groups excluding carboxylic acids is 1. The Kier molecular flexibility index (Phi) is 8.20. The molecule has 4 aromatic rings. The van der Waals surface area contributed by atoms with Gasteiger partial charge in [-0.1, -0.05) is 36.9 Å². The molecule has 0 radical (unpaired) electrons. The minimum absolute atomic E-state index is 0.168. The number of ether oxygens (including phenoxy) is 4. The molecular weight excluding hydrogens is 556 g/mol. The van der Waals surface area contributed by atoms with Crippen molar-refractivity contribution in [2.24, 2.45) is 0 Å². The quantitative estimate of drug-likeness (QED) is 0.223. The highest BCUT2D eigenvalue weighted by Crippen LogP contribution is 2.34. The normalized spacial score (nSPS) is 15.0. The summed E-state index contributed by atoms with van der Waals surface area (Å²) in [7, 11) is 1.56. The van der Waals surface area contributed by atoms with Crippen LogP contribution in [0.1, 0.15) is 18.9 Å². The fourth-order valence-corrected chi connectivity index (χ4v) is 6.08. The molecular formula is C31H32N4O6S. The largest absolute Gasteiger partial charge is 0.495 e. The second-order valence-corrected chi connectivity index (χ2v) is 11.1. The zero-order chi connectivity index (χ0) is 29.1. The van der Waals surface area contributed by atoms with Crippen LogP contribution in [0, 0.1) is 0 Å². The number of thioether (sulfide) groups is 1. The lowest BCUT2D eigenvalue weighted by Gasteiger charge is -2.29. The third-order valence-electron chi connectivity index (χ3n) is 7.33. The van der Waals surface area contributed by atoms with E-state index in [1.54, 1.807) is 23.8 Å². The lowest BCUT2D eigenvalue weighted by atomic mass is 10.1. The molecule has 1 fully saturated rings. The average Bonchev–Trinajstić information content (AvgIpc) is 3.50. The molecule has 42 heavy (non-hydrogen) atoms. The molecule has 218 valence electrons. The van der Waals surface area contributed by atoms with Gasteiger partial charge >= 0.3 is 0 Å². The number of aromatic nitrogens is 2. The summed E-state index contributed by atoms with van der Waals surface area (Å²) in [6.45, 7) is 5.18. The number of nitrogens with one attached hydrogen (secondary N) is 1. The van der Waals surface area contributed by atoms with Gasteiger partial charge in [-0.2, -0.15) is 0 Å². The third-order valence-corrected chi connectivity index (χ3v) is 8.69. The summed E-state index contributed by atoms with van der Waals surface area (Å²) < 4.78 is 23.6. The van der Waals surface area contributed by atoms with Crippen molar-refractivity contribution in [1.82, 2.24) is 9.55 Å². The summed E-state index contributed by atoms with van der Waals surface area (Å²) >= 11 is 1.28. The van der Waals surface area contributed by atoms with Crippen LogP contribution in [0.2, 0.25) is 0 Å². The van der Waals surface area contributed by atoms with E-state index in [-0.39, 0.29) is 24.8 Å². The summed E-state index contributed by atoms with van der Waals surface area (Å²) in [5.74, 6) is 1.69. The monoisotopic (exact) mass is 588 g/mol. The van der Waals surface area contributed by atoms with E-state index in [1.165, 1.54) is 11.8 Å². The second-order valence-electron chi connectivity index (χ2n) is 9.98. The topological polar surface area (TPSA) is 104 Å². The van der Waals surface area contributed by atoms with Crippen LogP contribution in [0.3, 0.4) is 0 Å². The molecule has 1 amide bonds. The van der Waals surface area contributed by atoms with Crippen LogP contribution in [-0.4, -0.2) is 60.9 Å². The van der Waals surface area contributed by atoms with Gasteiger partial charge in [0.2, 0.25) is 12.7 Å². The molecule has 1 saturated heterocycles. The molecule has 6 rings (SSSR count). The fraction of sp³-hybridized carbons (Fsp3) is 0.323. The first-order chi connectivity index (χ1) is 20.5. The van der Waals surface area contributed by atoms with Crippen molar-refractivity contribution in [3.63, 3.8) is 0 Å². The van der Waals surface area contributed by atoms with Crippen molar-refractivity contribution >= 4 is 39.9 Å². The molecule has 3 heterocycles. The number of carbonyl (C=O) groups is 1. The summed E-state index contributed by atoms with van der Waals surface area (Å²) in [5.41, 5.74) is 2.82. The van der Waals surface area contributed by atoms with Crippen molar-refractivity contribution in [3.05, 3.63) is 76.6 Å². The number of para-hydroxylation sites is 2. The van der Waals surface area contributed by atoms with Gasteiger partial charge < -0.3 is 29.2 Å². The maximum atomic E-state index is 14.1. The van der Waals surface area contributed by atoms with E-state index in [0.29, 0.717) is 58.6 Å². The number of rotatable bonds is 9. The van der Waals surface area contributed by atoms with Crippen LogP contribution in [0.5, 0.6) is 17.2 Å². The number of methoxy groups -OCH3 is 1. The smallest absolute Gasteiger partial charge is 0.262 e. The summed E-state index contributed by atoms with van der Waals surface area (Å²) in [6, 6.07) is 18.7. The highest BCUT2D eigenvalue weighted by molar-refractivity contribution is 8.00. The molecule has 11 heteroatoms. The fourth-order valence-electron chi connectivity index (χ4n) is 5.07. The Morgan fingerprint density at radius 1 is 1.07 bits per heavy atom. The molecule has 3 aromatic carbocycles. The van der Waals surface area contributed by atoms with Crippen molar-refractivity contribution in [1.29, 1.82) is 0 Å². The van der Waals surface area contributed by atoms with Crippen LogP contribution in [0.4, 0.5) is 11.4 Å². The zero-order valence-electron chi connectivity index (χ0n) is 23.5. The molecule has 0 saturated carbocycles.